The monoisotopic (exact) mass is 274 g/mol. The molecule has 0 aromatic heterocycles. The quantitative estimate of drug-likeness (QED) is 0.358. The third-order valence-electron chi connectivity index (χ3n) is 2.69. The van der Waals surface area contributed by atoms with Crippen molar-refractivity contribution in [3.63, 3.8) is 0 Å². The van der Waals surface area contributed by atoms with Gasteiger partial charge in [-0.05, 0) is 38.5 Å². The molecule has 1 rings (SSSR count). The number of allylic oxidation sites excluding steroid dienone is 1. The lowest BCUT2D eigenvalue weighted by molar-refractivity contribution is -0.133. The zero-order valence-electron chi connectivity index (χ0n) is 12.1. The molecule has 0 N–H and O–H groups in total. The van der Waals surface area contributed by atoms with Crippen molar-refractivity contribution in [2.45, 2.75) is 20.8 Å². The molecule has 1 aromatic rings. The van der Waals surface area contributed by atoms with Gasteiger partial charge < -0.3 is 9.47 Å². The second-order valence-corrected chi connectivity index (χ2v) is 4.51. The zero-order chi connectivity index (χ0) is 15.1. The summed E-state index contributed by atoms with van der Waals surface area (Å²) in [5.74, 6) is 1.40. The molecule has 0 amide bonds. The smallest absolute Gasteiger partial charge is 0.349 e. The number of rotatable bonds is 5. The Kier molecular flexibility index (Phi) is 5.75. The van der Waals surface area contributed by atoms with E-state index in [2.05, 4.69) is 4.74 Å². The van der Waals surface area contributed by atoms with E-state index in [0.717, 1.165) is 11.1 Å². The Hall–Kier alpha value is -2.32. The molecular weight excluding hydrogens is 256 g/mol. The predicted molar refractivity (Wildman–Crippen MR) is 77.2 cm³/mol. The lowest BCUT2D eigenvalue weighted by Gasteiger charge is -2.13. The van der Waals surface area contributed by atoms with Gasteiger partial charge in [0.2, 0.25) is 0 Å². The number of benzene rings is 1. The van der Waals surface area contributed by atoms with E-state index in [1.54, 1.807) is 18.1 Å². The van der Waals surface area contributed by atoms with Crippen molar-refractivity contribution in [3.8, 4) is 5.75 Å². The number of carbonyl (C=O) groups excluding carboxylic acids is 2. The van der Waals surface area contributed by atoms with Gasteiger partial charge in [-0.2, -0.15) is 0 Å². The molecule has 4 heteroatoms. The van der Waals surface area contributed by atoms with Gasteiger partial charge in [0.15, 0.2) is 5.57 Å². The summed E-state index contributed by atoms with van der Waals surface area (Å²) >= 11 is 0. The zero-order valence-corrected chi connectivity index (χ0v) is 12.1. The molecule has 20 heavy (non-hydrogen) atoms. The summed E-state index contributed by atoms with van der Waals surface area (Å²) < 4.78 is 10.3. The SMILES string of the molecule is COC(=O)C(=C=O)c1cccc(C)c1OCC=C(C)C. The highest BCUT2D eigenvalue weighted by atomic mass is 16.5. The molecule has 0 bridgehead atoms. The van der Waals surface area contributed by atoms with Crippen LogP contribution in [-0.2, 0) is 14.3 Å². The van der Waals surface area contributed by atoms with Gasteiger partial charge in [0.25, 0.3) is 0 Å². The van der Waals surface area contributed by atoms with E-state index in [9.17, 15) is 9.59 Å². The summed E-state index contributed by atoms with van der Waals surface area (Å²) in [4.78, 5) is 22.6. The minimum Gasteiger partial charge on any atom is -0.489 e. The summed E-state index contributed by atoms with van der Waals surface area (Å²) in [6.07, 6.45) is 1.92. The van der Waals surface area contributed by atoms with Crippen molar-refractivity contribution in [3.05, 3.63) is 41.0 Å². The van der Waals surface area contributed by atoms with Crippen LogP contribution in [0.15, 0.2) is 29.8 Å². The highest BCUT2D eigenvalue weighted by Crippen LogP contribution is 2.29. The van der Waals surface area contributed by atoms with Crippen molar-refractivity contribution in [1.29, 1.82) is 0 Å². The summed E-state index contributed by atoms with van der Waals surface area (Å²) in [5, 5.41) is 0. The molecule has 106 valence electrons. The third kappa shape index (κ3) is 3.84. The van der Waals surface area contributed by atoms with E-state index >= 15 is 0 Å². The molecule has 1 aromatic carbocycles. The van der Waals surface area contributed by atoms with Crippen LogP contribution in [0.3, 0.4) is 0 Å². The molecule has 0 saturated carbocycles. The maximum Gasteiger partial charge on any atom is 0.349 e. The van der Waals surface area contributed by atoms with Gasteiger partial charge in [0, 0.05) is 5.56 Å². The van der Waals surface area contributed by atoms with Gasteiger partial charge >= 0.3 is 5.97 Å². The molecule has 0 aliphatic carbocycles. The minimum atomic E-state index is -0.724. The number of esters is 1. The lowest BCUT2D eigenvalue weighted by atomic mass is 10.0. The van der Waals surface area contributed by atoms with E-state index < -0.39 is 5.97 Å². The van der Waals surface area contributed by atoms with E-state index in [0.29, 0.717) is 17.9 Å². The highest BCUT2D eigenvalue weighted by molar-refractivity contribution is 6.25. The van der Waals surface area contributed by atoms with Gasteiger partial charge in [-0.1, -0.05) is 17.7 Å². The van der Waals surface area contributed by atoms with Crippen LogP contribution in [0, 0.1) is 6.92 Å². The minimum absolute atomic E-state index is 0.164. The number of methoxy groups -OCH3 is 1. The van der Waals surface area contributed by atoms with E-state index in [1.165, 1.54) is 7.11 Å². The Morgan fingerprint density at radius 2 is 2.05 bits per heavy atom. The largest absolute Gasteiger partial charge is 0.489 e. The Balaban J connectivity index is 3.20. The lowest BCUT2D eigenvalue weighted by Crippen LogP contribution is -2.08. The summed E-state index contributed by atoms with van der Waals surface area (Å²) in [5.41, 5.74) is 2.19. The highest BCUT2D eigenvalue weighted by Gasteiger charge is 2.19. The molecule has 0 fully saturated rings. The van der Waals surface area contributed by atoms with Crippen molar-refractivity contribution < 1.29 is 19.1 Å². The number of hydrogen-bond donors (Lipinski definition) is 0. The first kappa shape index (κ1) is 15.7. The van der Waals surface area contributed by atoms with Crippen molar-refractivity contribution in [2.75, 3.05) is 13.7 Å². The number of carbonyl (C=O) groups is 1. The second-order valence-electron chi connectivity index (χ2n) is 4.51. The fourth-order valence-corrected chi connectivity index (χ4v) is 1.64. The molecule has 0 radical (unpaired) electrons. The van der Waals surface area contributed by atoms with Crippen LogP contribution in [0.1, 0.15) is 25.0 Å². The van der Waals surface area contributed by atoms with Crippen molar-refractivity contribution in [1.82, 2.24) is 0 Å². The number of hydrogen-bond acceptors (Lipinski definition) is 4. The summed E-state index contributed by atoms with van der Waals surface area (Å²) in [7, 11) is 1.22. The van der Waals surface area contributed by atoms with Crippen LogP contribution in [0.5, 0.6) is 5.75 Å². The summed E-state index contributed by atoms with van der Waals surface area (Å²) in [6.45, 7) is 6.15. The van der Waals surface area contributed by atoms with Crippen LogP contribution in [0.4, 0.5) is 0 Å². The number of para-hydroxylation sites is 1. The topological polar surface area (TPSA) is 52.6 Å². The van der Waals surface area contributed by atoms with E-state index in [4.69, 9.17) is 4.74 Å². The first-order chi connectivity index (χ1) is 9.51. The standard InChI is InChI=1S/C16H18O4/c1-11(2)8-9-20-15-12(3)6-5-7-13(15)14(10-17)16(18)19-4/h5-8H,9H2,1-4H3. The number of ether oxygens (including phenoxy) is 2. The van der Waals surface area contributed by atoms with Crippen LogP contribution in [0.2, 0.25) is 0 Å². The number of aryl methyl sites for hydroxylation is 1. The maximum absolute atomic E-state index is 11.6. The van der Waals surface area contributed by atoms with Crippen LogP contribution in [0.25, 0.3) is 5.57 Å². The second kappa shape index (κ2) is 7.31. The van der Waals surface area contributed by atoms with E-state index in [1.807, 2.05) is 32.9 Å². The third-order valence-corrected chi connectivity index (χ3v) is 2.69. The fourth-order valence-electron chi connectivity index (χ4n) is 1.64. The molecule has 0 aliphatic rings. The van der Waals surface area contributed by atoms with Gasteiger partial charge in [-0.15, -0.1) is 0 Å². The Labute approximate surface area is 118 Å². The average molecular weight is 274 g/mol. The molecule has 4 nitrogen and oxygen atoms in total. The van der Waals surface area contributed by atoms with E-state index in [-0.39, 0.29) is 5.57 Å². The summed E-state index contributed by atoms with van der Waals surface area (Å²) in [6, 6.07) is 5.24. The van der Waals surface area contributed by atoms with Crippen molar-refractivity contribution >= 4 is 17.5 Å². The average Bonchev–Trinajstić information content (AvgIpc) is 2.41. The molecule has 0 heterocycles. The molecular formula is C16H18O4. The first-order valence-corrected chi connectivity index (χ1v) is 6.20. The molecule has 0 aliphatic heterocycles. The molecule has 0 unspecified atom stereocenters. The Bertz CT molecular complexity index is 574. The van der Waals surface area contributed by atoms with Gasteiger partial charge in [0.05, 0.1) is 7.11 Å². The van der Waals surface area contributed by atoms with Crippen LogP contribution >= 0.6 is 0 Å². The fraction of sp³-hybridized carbons (Fsp3) is 0.312. The van der Waals surface area contributed by atoms with Crippen molar-refractivity contribution in [2.24, 2.45) is 0 Å². The Morgan fingerprint density at radius 3 is 2.60 bits per heavy atom. The molecule has 0 saturated heterocycles. The van der Waals surface area contributed by atoms with Gasteiger partial charge in [-0.25, -0.2) is 9.59 Å². The predicted octanol–water partition coefficient (Wildman–Crippen LogP) is 2.73. The molecule has 0 atom stereocenters. The Morgan fingerprint density at radius 1 is 1.35 bits per heavy atom. The van der Waals surface area contributed by atoms with Crippen LogP contribution < -0.4 is 4.74 Å². The normalized spacial score (nSPS) is 9.40. The van der Waals surface area contributed by atoms with Gasteiger partial charge in [-0.3, -0.25) is 0 Å². The molecule has 0 spiro atoms. The van der Waals surface area contributed by atoms with Crippen LogP contribution in [-0.4, -0.2) is 25.6 Å². The first-order valence-electron chi connectivity index (χ1n) is 6.20. The van der Waals surface area contributed by atoms with Gasteiger partial charge in [0.1, 0.15) is 18.3 Å². The maximum atomic E-state index is 11.6.